The Bertz CT molecular complexity index is 1220. The van der Waals surface area contributed by atoms with E-state index in [1.807, 2.05) is 0 Å². The molecule has 1 unspecified atom stereocenters. The lowest BCUT2D eigenvalue weighted by molar-refractivity contribution is -0.203. The van der Waals surface area contributed by atoms with Crippen LogP contribution in [0.15, 0.2) is 36.4 Å². The molecule has 1 aromatic rings. The molecule has 36 heavy (non-hydrogen) atoms. The highest BCUT2D eigenvalue weighted by atomic mass is 16.6. The van der Waals surface area contributed by atoms with E-state index >= 15 is 0 Å². The lowest BCUT2D eigenvalue weighted by atomic mass is 9.38. The Labute approximate surface area is 210 Å². The van der Waals surface area contributed by atoms with E-state index in [1.165, 1.54) is 31.6 Å². The van der Waals surface area contributed by atoms with Crippen molar-refractivity contribution < 1.29 is 28.9 Å². The minimum atomic E-state index is -0.903. The van der Waals surface area contributed by atoms with Crippen LogP contribution >= 0.6 is 0 Å². The molecule has 6 atom stereocenters. The molecule has 2 heterocycles. The number of benzene rings is 1. The molecule has 8 heteroatoms. The first-order chi connectivity index (χ1) is 17.4. The van der Waals surface area contributed by atoms with Crippen LogP contribution in [0, 0.1) is 11.3 Å². The predicted octanol–water partition coefficient (Wildman–Crippen LogP) is 1.99. The van der Waals surface area contributed by atoms with Gasteiger partial charge >= 0.3 is 5.97 Å². The number of rotatable bonds is 6. The number of carbonyl (C=O) groups is 2. The fourth-order valence-corrected chi connectivity index (χ4v) is 8.37. The summed E-state index contributed by atoms with van der Waals surface area (Å²) in [5, 5.41) is 14.0. The Morgan fingerprint density at radius 1 is 1.25 bits per heavy atom. The average molecular weight is 493 g/mol. The molecule has 1 amide bonds. The summed E-state index contributed by atoms with van der Waals surface area (Å²) in [6.07, 6.45) is 11.5. The fourth-order valence-electron chi connectivity index (χ4n) is 8.37. The predicted molar refractivity (Wildman–Crippen MR) is 130 cm³/mol. The number of esters is 1. The quantitative estimate of drug-likeness (QED) is 0.356. The number of piperidine rings is 1. The summed E-state index contributed by atoms with van der Waals surface area (Å²) < 4.78 is 17.6. The minimum absolute atomic E-state index is 0.166. The highest BCUT2D eigenvalue weighted by molar-refractivity contribution is 5.94. The summed E-state index contributed by atoms with van der Waals surface area (Å²) in [6.45, 7) is 2.10. The number of fused-ring (bicyclic) bond motifs is 1. The third-order valence-corrected chi connectivity index (χ3v) is 9.99. The van der Waals surface area contributed by atoms with E-state index < -0.39 is 11.6 Å². The van der Waals surface area contributed by atoms with Crippen LogP contribution in [0.1, 0.15) is 36.8 Å². The number of phenolic OH excluding ortho intramolecular Hbond substituents is 1. The Morgan fingerprint density at radius 3 is 2.83 bits per heavy atom. The maximum atomic E-state index is 12.9. The molecule has 1 aromatic carbocycles. The highest BCUT2D eigenvalue weighted by Gasteiger charge is 2.79. The number of phenols is 1. The number of likely N-dealkylation sites (tertiary alicyclic amines) is 1. The third-order valence-electron chi connectivity index (χ3n) is 9.99. The maximum absolute atomic E-state index is 12.9. The van der Waals surface area contributed by atoms with E-state index in [2.05, 4.69) is 33.2 Å². The van der Waals surface area contributed by atoms with Crippen molar-refractivity contribution in [2.45, 2.75) is 61.3 Å². The molecule has 2 N–H and O–H groups in total. The van der Waals surface area contributed by atoms with Crippen LogP contribution in [0.25, 0.3) is 0 Å². The fraction of sp³-hybridized carbons (Fsp3) is 0.571. The van der Waals surface area contributed by atoms with Gasteiger partial charge in [-0.15, -0.1) is 0 Å². The van der Waals surface area contributed by atoms with Gasteiger partial charge in [-0.3, -0.25) is 9.69 Å². The van der Waals surface area contributed by atoms with Crippen molar-refractivity contribution in [3.8, 4) is 11.5 Å². The standard InChI is InChI=1S/C28H32N2O6/c1-34-22(33)8-7-21(32)29-19-14-26-9-10-28(19,35-2)25-27(26)11-12-30(15-16-3-4-16)20(26)13-17-5-6-18(31)24(36-25)23(17)27/h5-10,16,19-20,25,31H,3-4,11-15H2,1-2H3,(H,29,32)/b8-7+/t19-,20?,25+,26+,27-,28-/m0/s1. The van der Waals surface area contributed by atoms with Crippen molar-refractivity contribution >= 4 is 11.9 Å². The molecule has 8 rings (SSSR count). The third kappa shape index (κ3) is 2.61. The summed E-state index contributed by atoms with van der Waals surface area (Å²) in [6, 6.07) is 3.75. The van der Waals surface area contributed by atoms with Crippen molar-refractivity contribution in [2.24, 2.45) is 11.3 Å². The van der Waals surface area contributed by atoms with Crippen LogP contribution in [-0.2, 0) is 30.9 Å². The summed E-state index contributed by atoms with van der Waals surface area (Å²) in [5.41, 5.74) is 0.917. The van der Waals surface area contributed by atoms with Gasteiger partial charge in [0, 0.05) is 42.8 Å². The molecule has 2 aliphatic heterocycles. The molecular formula is C28H32N2O6. The maximum Gasteiger partial charge on any atom is 0.330 e. The van der Waals surface area contributed by atoms with E-state index in [-0.39, 0.29) is 40.7 Å². The van der Waals surface area contributed by atoms with Crippen LogP contribution < -0.4 is 10.1 Å². The van der Waals surface area contributed by atoms with Crippen LogP contribution in [0.4, 0.5) is 0 Å². The number of nitrogens with one attached hydrogen (secondary N) is 1. The van der Waals surface area contributed by atoms with Crippen molar-refractivity contribution in [3.05, 3.63) is 47.6 Å². The molecule has 2 saturated carbocycles. The largest absolute Gasteiger partial charge is 0.504 e. The highest BCUT2D eigenvalue weighted by Crippen LogP contribution is 2.73. The van der Waals surface area contributed by atoms with Crippen molar-refractivity contribution in [1.82, 2.24) is 10.2 Å². The molecule has 0 radical (unpaired) electrons. The molecule has 8 nitrogen and oxygen atoms in total. The molecule has 1 saturated heterocycles. The summed E-state index contributed by atoms with van der Waals surface area (Å²) >= 11 is 0. The van der Waals surface area contributed by atoms with E-state index in [4.69, 9.17) is 9.47 Å². The zero-order chi connectivity index (χ0) is 24.9. The molecule has 5 aliphatic carbocycles. The zero-order valence-electron chi connectivity index (χ0n) is 20.7. The van der Waals surface area contributed by atoms with Gasteiger partial charge in [0.1, 0.15) is 11.7 Å². The molecule has 2 spiro atoms. The lowest BCUT2D eigenvalue weighted by Crippen LogP contribution is -2.82. The van der Waals surface area contributed by atoms with Gasteiger partial charge in [0.15, 0.2) is 11.5 Å². The number of ether oxygens (including phenoxy) is 3. The van der Waals surface area contributed by atoms with Gasteiger partial charge < -0.3 is 24.6 Å². The van der Waals surface area contributed by atoms with Crippen LogP contribution in [-0.4, -0.2) is 73.0 Å². The monoisotopic (exact) mass is 492 g/mol. The van der Waals surface area contributed by atoms with Gasteiger partial charge in [0.05, 0.1) is 18.6 Å². The smallest absolute Gasteiger partial charge is 0.330 e. The lowest BCUT2D eigenvalue weighted by Gasteiger charge is -2.71. The summed E-state index contributed by atoms with van der Waals surface area (Å²) in [4.78, 5) is 27.2. The van der Waals surface area contributed by atoms with E-state index in [9.17, 15) is 14.7 Å². The number of hydrogen-bond donors (Lipinski definition) is 2. The normalized spacial score (nSPS) is 39.1. The first kappa shape index (κ1) is 22.4. The SMILES string of the molecule is COC(=O)/C=C/C(=O)N[C@H]1C[C@@]23C=C[C@@]1(OC)[C@@H]1Oc4c(O)ccc5c4[C@@]12CCN(CC1CC1)C3C5. The Morgan fingerprint density at radius 2 is 2.08 bits per heavy atom. The number of amides is 1. The van der Waals surface area contributed by atoms with Crippen LogP contribution in [0.5, 0.6) is 11.5 Å². The van der Waals surface area contributed by atoms with Crippen molar-refractivity contribution in [2.75, 3.05) is 27.3 Å². The number of methoxy groups -OCH3 is 2. The van der Waals surface area contributed by atoms with Gasteiger partial charge in [0.25, 0.3) is 0 Å². The average Bonchev–Trinajstić information content (AvgIpc) is 3.62. The van der Waals surface area contributed by atoms with E-state index in [1.54, 1.807) is 13.2 Å². The van der Waals surface area contributed by atoms with Gasteiger partial charge in [-0.25, -0.2) is 4.79 Å². The Balaban J connectivity index is 1.36. The van der Waals surface area contributed by atoms with E-state index in [0.717, 1.165) is 43.5 Å². The second-order valence-electron chi connectivity index (χ2n) is 11.4. The van der Waals surface area contributed by atoms with Crippen molar-refractivity contribution in [3.63, 3.8) is 0 Å². The van der Waals surface area contributed by atoms with Gasteiger partial charge in [-0.1, -0.05) is 18.2 Å². The van der Waals surface area contributed by atoms with Gasteiger partial charge in [-0.05, 0) is 56.2 Å². The molecule has 190 valence electrons. The summed E-state index contributed by atoms with van der Waals surface area (Å²) in [7, 11) is 2.94. The molecule has 3 fully saturated rings. The Kier molecular flexibility index (Phi) is 4.57. The first-order valence-corrected chi connectivity index (χ1v) is 13.0. The minimum Gasteiger partial charge on any atom is -0.504 e. The number of aromatic hydroxyl groups is 1. The van der Waals surface area contributed by atoms with Gasteiger partial charge in [0.2, 0.25) is 5.91 Å². The summed E-state index contributed by atoms with van der Waals surface area (Å²) in [5.74, 6) is 0.570. The number of nitrogens with zero attached hydrogens (tertiary/aromatic N) is 1. The number of hydrogen-bond acceptors (Lipinski definition) is 7. The topological polar surface area (TPSA) is 97.3 Å². The van der Waals surface area contributed by atoms with Gasteiger partial charge in [-0.2, -0.15) is 0 Å². The van der Waals surface area contributed by atoms with Crippen molar-refractivity contribution in [1.29, 1.82) is 0 Å². The van der Waals surface area contributed by atoms with E-state index in [0.29, 0.717) is 12.2 Å². The first-order valence-electron chi connectivity index (χ1n) is 13.0. The molecular weight excluding hydrogens is 460 g/mol. The molecule has 4 bridgehead atoms. The second-order valence-corrected chi connectivity index (χ2v) is 11.4. The Hall–Kier alpha value is -2.84. The number of carbonyl (C=O) groups excluding carboxylic acids is 2. The zero-order valence-corrected chi connectivity index (χ0v) is 20.7. The second kappa shape index (κ2) is 7.35. The molecule has 0 aromatic heterocycles. The van der Waals surface area contributed by atoms with Crippen LogP contribution in [0.3, 0.4) is 0 Å². The van der Waals surface area contributed by atoms with Crippen LogP contribution in [0.2, 0.25) is 0 Å². The molecule has 7 aliphatic rings.